The monoisotopic (exact) mass is 210 g/mol. The van der Waals surface area contributed by atoms with Gasteiger partial charge in [0.1, 0.15) is 0 Å². The summed E-state index contributed by atoms with van der Waals surface area (Å²) in [7, 11) is 0. The largest absolute Gasteiger partial charge is 0.350 e. The van der Waals surface area contributed by atoms with Crippen molar-refractivity contribution in [3.63, 3.8) is 0 Å². The molecule has 1 atom stereocenters. The summed E-state index contributed by atoms with van der Waals surface area (Å²) in [6.45, 7) is 11.4. The van der Waals surface area contributed by atoms with Gasteiger partial charge in [0.25, 0.3) is 0 Å². The molecule has 0 aromatic heterocycles. The highest BCUT2D eigenvalue weighted by Crippen LogP contribution is 2.03. The average molecular weight is 210 g/mol. The van der Waals surface area contributed by atoms with E-state index in [2.05, 4.69) is 16.6 Å². The van der Waals surface area contributed by atoms with E-state index in [9.17, 15) is 4.79 Å². The zero-order chi connectivity index (χ0) is 12.3. The van der Waals surface area contributed by atoms with Gasteiger partial charge in [-0.3, -0.25) is 10.1 Å². The van der Waals surface area contributed by atoms with Gasteiger partial charge >= 0.3 is 0 Å². The number of rotatable bonds is 3. The third-order valence-electron chi connectivity index (χ3n) is 1.83. The quantitative estimate of drug-likeness (QED) is 0.689. The Kier molecular flexibility index (Phi) is 4.36. The summed E-state index contributed by atoms with van der Waals surface area (Å²) < 4.78 is 0. The van der Waals surface area contributed by atoms with Crippen LogP contribution in [0.25, 0.3) is 0 Å². The number of carbonyl (C=O) groups is 1. The van der Waals surface area contributed by atoms with E-state index in [1.165, 1.54) is 0 Å². The number of hydrogen-bond donors (Lipinski definition) is 2. The van der Waals surface area contributed by atoms with E-state index in [0.29, 0.717) is 0 Å². The zero-order valence-corrected chi connectivity index (χ0v) is 10.6. The second kappa shape index (κ2) is 4.67. The van der Waals surface area contributed by atoms with Crippen molar-refractivity contribution >= 4 is 5.91 Å². The van der Waals surface area contributed by atoms with Crippen LogP contribution in [0, 0.1) is 12.3 Å². The fourth-order valence-electron chi connectivity index (χ4n) is 1.13. The predicted octanol–water partition coefficient (Wildman–Crippen LogP) is 1.29. The molecule has 0 saturated heterocycles. The van der Waals surface area contributed by atoms with Crippen LogP contribution in [0.1, 0.15) is 41.5 Å². The molecule has 0 fully saturated rings. The summed E-state index contributed by atoms with van der Waals surface area (Å²) in [4.78, 5) is 11.7. The van der Waals surface area contributed by atoms with Gasteiger partial charge in [0.05, 0.1) is 11.6 Å². The van der Waals surface area contributed by atoms with Crippen molar-refractivity contribution in [3.8, 4) is 12.3 Å². The van der Waals surface area contributed by atoms with Crippen LogP contribution < -0.4 is 10.6 Å². The molecular formula is C12H22N2O. The van der Waals surface area contributed by atoms with Gasteiger partial charge in [-0.1, -0.05) is 5.92 Å². The van der Waals surface area contributed by atoms with Crippen LogP contribution in [0.2, 0.25) is 0 Å². The fourth-order valence-corrected chi connectivity index (χ4v) is 1.13. The molecule has 86 valence electrons. The fraction of sp³-hybridized carbons (Fsp3) is 0.750. The second-order valence-electron chi connectivity index (χ2n) is 5.37. The molecule has 0 aliphatic heterocycles. The SMILES string of the molecule is C#CC(C)(C)NC(C)C(=O)NC(C)(C)C. The molecule has 0 saturated carbocycles. The molecule has 3 nitrogen and oxygen atoms in total. The molecule has 15 heavy (non-hydrogen) atoms. The first-order valence-electron chi connectivity index (χ1n) is 5.15. The van der Waals surface area contributed by atoms with E-state index >= 15 is 0 Å². The Labute approximate surface area is 93.0 Å². The molecule has 0 aromatic rings. The Morgan fingerprint density at radius 3 is 2.07 bits per heavy atom. The van der Waals surface area contributed by atoms with E-state index in [-0.39, 0.29) is 17.5 Å². The average Bonchev–Trinajstić information content (AvgIpc) is 2.00. The topological polar surface area (TPSA) is 41.1 Å². The lowest BCUT2D eigenvalue weighted by molar-refractivity contribution is -0.124. The molecule has 0 rings (SSSR count). The molecule has 3 heteroatoms. The number of carbonyl (C=O) groups excluding carboxylic acids is 1. The van der Waals surface area contributed by atoms with Crippen LogP contribution in [0.15, 0.2) is 0 Å². The molecule has 1 unspecified atom stereocenters. The number of nitrogens with one attached hydrogen (secondary N) is 2. The zero-order valence-electron chi connectivity index (χ0n) is 10.6. The lowest BCUT2D eigenvalue weighted by atomic mass is 10.0. The highest BCUT2D eigenvalue weighted by atomic mass is 16.2. The van der Waals surface area contributed by atoms with Gasteiger partial charge < -0.3 is 5.32 Å². The van der Waals surface area contributed by atoms with Gasteiger partial charge in [0.15, 0.2) is 0 Å². The lowest BCUT2D eigenvalue weighted by Crippen LogP contribution is -2.54. The minimum Gasteiger partial charge on any atom is -0.350 e. The van der Waals surface area contributed by atoms with Gasteiger partial charge in [-0.2, -0.15) is 0 Å². The van der Waals surface area contributed by atoms with Gasteiger partial charge in [0.2, 0.25) is 5.91 Å². The van der Waals surface area contributed by atoms with Crippen molar-refractivity contribution in [1.82, 2.24) is 10.6 Å². The third-order valence-corrected chi connectivity index (χ3v) is 1.83. The molecule has 2 N–H and O–H groups in total. The first-order chi connectivity index (χ1) is 6.57. The molecule has 0 aromatic carbocycles. The van der Waals surface area contributed by atoms with Crippen LogP contribution in [0.5, 0.6) is 0 Å². The van der Waals surface area contributed by atoms with E-state index in [4.69, 9.17) is 6.42 Å². The minimum absolute atomic E-state index is 0.0363. The molecule has 0 aliphatic rings. The first kappa shape index (κ1) is 14.0. The molecule has 0 spiro atoms. The summed E-state index contributed by atoms with van der Waals surface area (Å²) >= 11 is 0. The van der Waals surface area contributed by atoms with Crippen molar-refractivity contribution in [2.24, 2.45) is 0 Å². The van der Waals surface area contributed by atoms with E-state index < -0.39 is 5.54 Å². The number of hydrogen-bond acceptors (Lipinski definition) is 2. The normalized spacial score (nSPS) is 14.2. The van der Waals surface area contributed by atoms with Gasteiger partial charge in [-0.25, -0.2) is 0 Å². The van der Waals surface area contributed by atoms with Crippen molar-refractivity contribution in [2.75, 3.05) is 0 Å². The molecule has 0 radical (unpaired) electrons. The van der Waals surface area contributed by atoms with E-state index in [0.717, 1.165) is 0 Å². The van der Waals surface area contributed by atoms with Crippen molar-refractivity contribution in [1.29, 1.82) is 0 Å². The third kappa shape index (κ3) is 6.14. The van der Waals surface area contributed by atoms with Crippen LogP contribution in [0.3, 0.4) is 0 Å². The minimum atomic E-state index is -0.464. The maximum Gasteiger partial charge on any atom is 0.237 e. The van der Waals surface area contributed by atoms with Gasteiger partial charge in [-0.05, 0) is 41.5 Å². The summed E-state index contributed by atoms with van der Waals surface area (Å²) in [5.41, 5.74) is -0.679. The number of terminal acetylenes is 1. The van der Waals surface area contributed by atoms with Crippen LogP contribution in [-0.4, -0.2) is 23.0 Å². The highest BCUT2D eigenvalue weighted by Gasteiger charge is 2.24. The van der Waals surface area contributed by atoms with Crippen LogP contribution in [0.4, 0.5) is 0 Å². The Balaban J connectivity index is 4.31. The Morgan fingerprint density at radius 1 is 1.27 bits per heavy atom. The Morgan fingerprint density at radius 2 is 1.73 bits per heavy atom. The van der Waals surface area contributed by atoms with Crippen LogP contribution >= 0.6 is 0 Å². The molecular weight excluding hydrogens is 188 g/mol. The predicted molar refractivity (Wildman–Crippen MR) is 63.4 cm³/mol. The van der Waals surface area contributed by atoms with Crippen molar-refractivity contribution < 1.29 is 4.79 Å². The van der Waals surface area contributed by atoms with Gasteiger partial charge in [-0.15, -0.1) is 6.42 Å². The lowest BCUT2D eigenvalue weighted by Gasteiger charge is -2.28. The molecule has 0 aliphatic carbocycles. The Bertz CT molecular complexity index is 268. The van der Waals surface area contributed by atoms with Crippen molar-refractivity contribution in [3.05, 3.63) is 0 Å². The van der Waals surface area contributed by atoms with Crippen molar-refractivity contribution in [2.45, 2.75) is 58.7 Å². The van der Waals surface area contributed by atoms with Crippen LogP contribution in [-0.2, 0) is 4.79 Å². The Hall–Kier alpha value is -1.01. The number of amides is 1. The molecule has 0 heterocycles. The van der Waals surface area contributed by atoms with E-state index in [1.807, 2.05) is 34.6 Å². The first-order valence-corrected chi connectivity index (χ1v) is 5.15. The van der Waals surface area contributed by atoms with Gasteiger partial charge in [0, 0.05) is 5.54 Å². The smallest absolute Gasteiger partial charge is 0.237 e. The summed E-state index contributed by atoms with van der Waals surface area (Å²) in [6, 6.07) is -0.296. The summed E-state index contributed by atoms with van der Waals surface area (Å²) in [6.07, 6.45) is 5.34. The van der Waals surface area contributed by atoms with E-state index in [1.54, 1.807) is 6.92 Å². The maximum absolute atomic E-state index is 11.7. The summed E-state index contributed by atoms with van der Waals surface area (Å²) in [5, 5.41) is 5.98. The highest BCUT2D eigenvalue weighted by molar-refractivity contribution is 5.82. The molecule has 1 amide bonds. The standard InChI is InChI=1S/C12H22N2O/c1-8-12(6,7)13-9(2)10(15)14-11(3,4)5/h1,9,13H,2-7H3,(H,14,15). The molecule has 0 bridgehead atoms. The second-order valence-corrected chi connectivity index (χ2v) is 5.37. The maximum atomic E-state index is 11.7. The summed E-state index contributed by atoms with van der Waals surface area (Å²) in [5.74, 6) is 2.56.